The minimum Gasteiger partial charge on any atom is -0.454 e. The summed E-state index contributed by atoms with van der Waals surface area (Å²) < 4.78 is 11.0. The van der Waals surface area contributed by atoms with Crippen LogP contribution < -0.4 is 20.1 Å². The number of anilines is 2. The molecule has 2 N–H and O–H groups in total. The van der Waals surface area contributed by atoms with E-state index in [-0.39, 0.29) is 18.6 Å². The third kappa shape index (κ3) is 4.90. The second-order valence-electron chi connectivity index (χ2n) is 9.38. The van der Waals surface area contributed by atoms with Crippen molar-refractivity contribution in [1.29, 1.82) is 5.26 Å². The number of hydrogen-bond donors (Lipinski definition) is 2. The van der Waals surface area contributed by atoms with Crippen LogP contribution in [0.5, 0.6) is 11.5 Å². The fourth-order valence-corrected chi connectivity index (χ4v) is 4.33. The van der Waals surface area contributed by atoms with Crippen molar-refractivity contribution in [3.05, 3.63) is 82.9 Å². The predicted octanol–water partition coefficient (Wildman–Crippen LogP) is 3.85. The maximum absolute atomic E-state index is 13.2. The minimum atomic E-state index is -0.287. The molecule has 0 fully saturated rings. The molecule has 0 atom stereocenters. The number of carbonyl (C=O) groups is 2. The maximum Gasteiger partial charge on any atom is 0.258 e. The van der Waals surface area contributed by atoms with Gasteiger partial charge < -0.3 is 29.9 Å². The van der Waals surface area contributed by atoms with E-state index in [1.54, 1.807) is 48.3 Å². The van der Waals surface area contributed by atoms with Crippen molar-refractivity contribution in [2.75, 3.05) is 51.7 Å². The van der Waals surface area contributed by atoms with Crippen LogP contribution in [0.4, 0.5) is 11.4 Å². The third-order valence-corrected chi connectivity index (χ3v) is 6.44. The lowest BCUT2D eigenvalue weighted by Gasteiger charge is -2.20. The van der Waals surface area contributed by atoms with Crippen LogP contribution in [0.25, 0.3) is 11.3 Å². The molecule has 9 heteroatoms. The van der Waals surface area contributed by atoms with Crippen LogP contribution in [0.2, 0.25) is 0 Å². The zero-order valence-electron chi connectivity index (χ0n) is 21.4. The molecule has 0 saturated carbocycles. The summed E-state index contributed by atoms with van der Waals surface area (Å²) in [6.45, 7) is 1.53. The molecular weight excluding hydrogens is 482 g/mol. The average Bonchev–Trinajstić information content (AvgIpc) is 3.52. The van der Waals surface area contributed by atoms with Crippen LogP contribution in [-0.4, -0.2) is 62.6 Å². The zero-order valence-corrected chi connectivity index (χ0v) is 21.4. The monoisotopic (exact) mass is 509 g/mol. The van der Waals surface area contributed by atoms with Crippen molar-refractivity contribution < 1.29 is 19.1 Å². The van der Waals surface area contributed by atoms with E-state index in [1.807, 2.05) is 43.3 Å². The van der Waals surface area contributed by atoms with E-state index in [1.165, 1.54) is 0 Å². The minimum absolute atomic E-state index is 0.0647. The molecule has 192 valence electrons. The van der Waals surface area contributed by atoms with Gasteiger partial charge in [-0.3, -0.25) is 9.59 Å². The number of hydrogen-bond acceptors (Lipinski definition) is 7. The number of likely N-dealkylation sites (N-methyl/N-ethyl adjacent to an activating group) is 2. The van der Waals surface area contributed by atoms with Gasteiger partial charge in [-0.05, 0) is 68.7 Å². The molecule has 0 saturated heterocycles. The van der Waals surface area contributed by atoms with Crippen molar-refractivity contribution in [3.63, 3.8) is 0 Å². The Hall–Kier alpha value is -4.81. The highest BCUT2D eigenvalue weighted by Crippen LogP contribution is 2.41. The van der Waals surface area contributed by atoms with E-state index in [0.717, 1.165) is 12.1 Å². The van der Waals surface area contributed by atoms with Gasteiger partial charge in [-0.2, -0.15) is 5.26 Å². The van der Waals surface area contributed by atoms with Gasteiger partial charge in [0.25, 0.3) is 11.8 Å². The molecule has 3 aromatic carbocycles. The Balaban J connectivity index is 1.51. The molecular formula is C29H27N5O4. The normalized spacial score (nSPS) is 14.6. The van der Waals surface area contributed by atoms with E-state index < -0.39 is 0 Å². The first-order chi connectivity index (χ1) is 18.3. The molecule has 2 aliphatic heterocycles. The molecule has 0 spiro atoms. The Kier molecular flexibility index (Phi) is 6.73. The number of nitrogens with one attached hydrogen (secondary N) is 2. The van der Waals surface area contributed by atoms with Crippen molar-refractivity contribution in [3.8, 4) is 17.6 Å². The zero-order chi connectivity index (χ0) is 26.8. The molecule has 2 amide bonds. The fraction of sp³-hybridized carbons (Fsp3) is 0.207. The van der Waals surface area contributed by atoms with Crippen LogP contribution in [-0.2, 0) is 4.79 Å². The molecule has 2 aliphatic rings. The smallest absolute Gasteiger partial charge is 0.258 e. The van der Waals surface area contributed by atoms with Crippen molar-refractivity contribution in [2.45, 2.75) is 0 Å². The predicted molar refractivity (Wildman–Crippen MR) is 145 cm³/mol. The Morgan fingerprint density at radius 1 is 0.974 bits per heavy atom. The number of ether oxygens (including phenoxy) is 2. The van der Waals surface area contributed by atoms with Crippen LogP contribution in [0.15, 0.2) is 60.7 Å². The topological polar surface area (TPSA) is 107 Å². The van der Waals surface area contributed by atoms with Gasteiger partial charge in [0.15, 0.2) is 11.5 Å². The Labute approximate surface area is 220 Å². The third-order valence-electron chi connectivity index (χ3n) is 6.44. The molecule has 38 heavy (non-hydrogen) atoms. The van der Waals surface area contributed by atoms with Crippen molar-refractivity contribution in [1.82, 2.24) is 9.80 Å². The van der Waals surface area contributed by atoms with E-state index in [0.29, 0.717) is 57.4 Å². The first-order valence-electron chi connectivity index (χ1n) is 12.1. The number of carbonyl (C=O) groups excluding carboxylic acids is 2. The van der Waals surface area contributed by atoms with Crippen LogP contribution in [0.1, 0.15) is 27.0 Å². The van der Waals surface area contributed by atoms with Crippen molar-refractivity contribution >= 4 is 34.5 Å². The quantitative estimate of drug-likeness (QED) is 0.466. The number of amides is 2. The molecule has 0 aliphatic carbocycles. The highest BCUT2D eigenvalue weighted by atomic mass is 16.7. The van der Waals surface area contributed by atoms with Gasteiger partial charge in [0.05, 0.1) is 28.6 Å². The molecule has 3 aromatic rings. The molecule has 0 unspecified atom stereocenters. The first kappa shape index (κ1) is 24.9. The largest absolute Gasteiger partial charge is 0.454 e. The Bertz CT molecular complexity index is 1490. The van der Waals surface area contributed by atoms with E-state index in [4.69, 9.17) is 9.47 Å². The highest BCUT2D eigenvalue weighted by Gasteiger charge is 2.29. The van der Waals surface area contributed by atoms with Gasteiger partial charge in [0.1, 0.15) is 0 Å². The van der Waals surface area contributed by atoms with Crippen molar-refractivity contribution in [2.24, 2.45) is 0 Å². The summed E-state index contributed by atoms with van der Waals surface area (Å²) in [4.78, 5) is 29.8. The van der Waals surface area contributed by atoms with Gasteiger partial charge in [-0.1, -0.05) is 6.07 Å². The van der Waals surface area contributed by atoms with Gasteiger partial charge in [0, 0.05) is 42.5 Å². The molecule has 9 nitrogen and oxygen atoms in total. The Morgan fingerprint density at radius 2 is 1.71 bits per heavy atom. The molecule has 0 bridgehead atoms. The summed E-state index contributed by atoms with van der Waals surface area (Å²) in [5, 5.41) is 15.5. The van der Waals surface area contributed by atoms with Gasteiger partial charge >= 0.3 is 0 Å². The van der Waals surface area contributed by atoms with Gasteiger partial charge in [-0.15, -0.1) is 0 Å². The Morgan fingerprint density at radius 3 is 2.45 bits per heavy atom. The number of fused-ring (bicyclic) bond motifs is 2. The van der Waals surface area contributed by atoms with Gasteiger partial charge in [0.2, 0.25) is 6.79 Å². The van der Waals surface area contributed by atoms with Crippen LogP contribution in [0, 0.1) is 11.3 Å². The van der Waals surface area contributed by atoms with Gasteiger partial charge in [-0.25, -0.2) is 0 Å². The van der Waals surface area contributed by atoms with E-state index in [2.05, 4.69) is 16.7 Å². The highest BCUT2D eigenvalue weighted by molar-refractivity contribution is 6.37. The van der Waals surface area contributed by atoms with Crippen LogP contribution in [0.3, 0.4) is 0 Å². The molecule has 5 rings (SSSR count). The fourth-order valence-electron chi connectivity index (χ4n) is 4.33. The van der Waals surface area contributed by atoms with E-state index >= 15 is 0 Å². The number of nitriles is 1. The number of benzene rings is 3. The summed E-state index contributed by atoms with van der Waals surface area (Å²) in [6.07, 6.45) is 0. The molecule has 0 aromatic heterocycles. The summed E-state index contributed by atoms with van der Waals surface area (Å²) in [7, 11) is 5.72. The lowest BCUT2D eigenvalue weighted by Crippen LogP contribution is -2.33. The standard InChI is InChI=1S/C29H27N5O4/c1-33(2)12-13-34(3)29(36)19-5-8-21(9-6-19)31-27(20-7-11-24-25(15-20)38-17-37-24)26-22-10-4-18(16-30)14-23(22)32-28(26)35/h4-11,14-15,31H,12-13,17H2,1-3H3,(H,32,35)/b27-26-. The maximum atomic E-state index is 13.2. The summed E-state index contributed by atoms with van der Waals surface area (Å²) >= 11 is 0. The summed E-state index contributed by atoms with van der Waals surface area (Å²) in [6, 6.07) is 19.8. The van der Waals surface area contributed by atoms with E-state index in [9.17, 15) is 14.9 Å². The molecule has 0 radical (unpaired) electrons. The summed E-state index contributed by atoms with van der Waals surface area (Å²) in [5.41, 5.74) is 4.71. The SMILES string of the molecule is CN(C)CCN(C)C(=O)c1ccc(N/C(=C2\C(=O)Nc3cc(C#N)ccc32)c2ccc3c(c2)OCO3)cc1. The first-order valence-corrected chi connectivity index (χ1v) is 12.1. The summed E-state index contributed by atoms with van der Waals surface area (Å²) in [5.74, 6) is 0.867. The second kappa shape index (κ2) is 10.3. The number of rotatable bonds is 7. The lowest BCUT2D eigenvalue weighted by molar-refractivity contribution is -0.110. The lowest BCUT2D eigenvalue weighted by atomic mass is 9.98. The molecule has 2 heterocycles. The average molecular weight is 510 g/mol. The number of nitrogens with zero attached hydrogens (tertiary/aromatic N) is 3. The van der Waals surface area contributed by atoms with Crippen LogP contribution >= 0.6 is 0 Å². The second-order valence-corrected chi connectivity index (χ2v) is 9.38.